The molecule has 1 amide bonds. The van der Waals surface area contributed by atoms with Crippen molar-refractivity contribution in [3.63, 3.8) is 0 Å². The lowest BCUT2D eigenvalue weighted by Crippen LogP contribution is -2.33. The molecule has 29 heavy (non-hydrogen) atoms. The highest BCUT2D eigenvalue weighted by Crippen LogP contribution is 2.26. The van der Waals surface area contributed by atoms with Gasteiger partial charge in [0.1, 0.15) is 0 Å². The summed E-state index contributed by atoms with van der Waals surface area (Å²) in [7, 11) is -3.49. The first-order valence-electron chi connectivity index (χ1n) is 9.71. The van der Waals surface area contributed by atoms with Crippen LogP contribution in [0, 0.1) is 13.8 Å². The molecule has 2 rings (SSSR count). The first-order chi connectivity index (χ1) is 13.6. The SMILES string of the molecule is CC[C@H](NC(=O)CCCN(c1cc(Cl)ccc1C)S(C)(=O)=O)c1ccc(C)cc1. The first-order valence-corrected chi connectivity index (χ1v) is 11.9. The molecule has 0 aliphatic heterocycles. The minimum Gasteiger partial charge on any atom is -0.349 e. The van der Waals surface area contributed by atoms with Gasteiger partial charge in [0.25, 0.3) is 0 Å². The Morgan fingerprint density at radius 3 is 2.38 bits per heavy atom. The fourth-order valence-electron chi connectivity index (χ4n) is 3.19. The summed E-state index contributed by atoms with van der Waals surface area (Å²) in [5.41, 5.74) is 3.60. The summed E-state index contributed by atoms with van der Waals surface area (Å²) >= 11 is 6.05. The van der Waals surface area contributed by atoms with Crippen molar-refractivity contribution in [2.75, 3.05) is 17.1 Å². The Hall–Kier alpha value is -2.05. The van der Waals surface area contributed by atoms with Crippen LogP contribution in [0.5, 0.6) is 0 Å². The summed E-state index contributed by atoms with van der Waals surface area (Å²) in [5, 5.41) is 3.52. The Morgan fingerprint density at radius 2 is 1.79 bits per heavy atom. The molecule has 1 atom stereocenters. The first kappa shape index (κ1) is 23.2. The third kappa shape index (κ3) is 6.75. The molecule has 0 heterocycles. The molecule has 0 aliphatic rings. The van der Waals surface area contributed by atoms with Crippen LogP contribution in [0.1, 0.15) is 48.9 Å². The molecule has 0 unspecified atom stereocenters. The van der Waals surface area contributed by atoms with Gasteiger partial charge in [0.05, 0.1) is 18.0 Å². The van der Waals surface area contributed by atoms with Gasteiger partial charge in [-0.25, -0.2) is 8.42 Å². The number of benzene rings is 2. The number of sulfonamides is 1. The number of hydrogen-bond acceptors (Lipinski definition) is 3. The lowest BCUT2D eigenvalue weighted by Gasteiger charge is -2.24. The number of rotatable bonds is 9. The molecule has 0 fully saturated rings. The average Bonchev–Trinajstić information content (AvgIpc) is 2.65. The summed E-state index contributed by atoms with van der Waals surface area (Å²) in [4.78, 5) is 12.4. The van der Waals surface area contributed by atoms with Crippen LogP contribution in [0.15, 0.2) is 42.5 Å². The third-order valence-corrected chi connectivity index (χ3v) is 6.24. The Morgan fingerprint density at radius 1 is 1.14 bits per heavy atom. The van der Waals surface area contributed by atoms with Crippen molar-refractivity contribution in [2.45, 2.75) is 46.1 Å². The van der Waals surface area contributed by atoms with Crippen molar-refractivity contribution in [1.82, 2.24) is 5.32 Å². The lowest BCUT2D eigenvalue weighted by molar-refractivity contribution is -0.121. The quantitative estimate of drug-likeness (QED) is 0.615. The fraction of sp³-hybridized carbons (Fsp3) is 0.409. The zero-order valence-electron chi connectivity index (χ0n) is 17.4. The number of carbonyl (C=O) groups excluding carboxylic acids is 1. The van der Waals surface area contributed by atoms with Gasteiger partial charge in [-0.2, -0.15) is 0 Å². The van der Waals surface area contributed by atoms with E-state index in [0.717, 1.165) is 23.8 Å². The molecule has 2 aromatic rings. The average molecular weight is 437 g/mol. The number of carbonyl (C=O) groups is 1. The van der Waals surface area contributed by atoms with Crippen molar-refractivity contribution in [3.05, 3.63) is 64.2 Å². The van der Waals surface area contributed by atoms with Gasteiger partial charge in [0.2, 0.25) is 15.9 Å². The van der Waals surface area contributed by atoms with Crippen LogP contribution in [0.25, 0.3) is 0 Å². The maximum atomic E-state index is 12.4. The Labute approximate surface area is 179 Å². The maximum Gasteiger partial charge on any atom is 0.232 e. The van der Waals surface area contributed by atoms with Gasteiger partial charge in [-0.15, -0.1) is 0 Å². The summed E-state index contributed by atoms with van der Waals surface area (Å²) < 4.78 is 25.9. The van der Waals surface area contributed by atoms with Gasteiger partial charge >= 0.3 is 0 Å². The van der Waals surface area contributed by atoms with Crippen molar-refractivity contribution in [1.29, 1.82) is 0 Å². The molecule has 7 heteroatoms. The van der Waals surface area contributed by atoms with E-state index in [9.17, 15) is 13.2 Å². The van der Waals surface area contributed by atoms with Gasteiger partial charge in [-0.05, 0) is 49.9 Å². The van der Waals surface area contributed by atoms with Crippen LogP contribution in [0.3, 0.4) is 0 Å². The van der Waals surface area contributed by atoms with E-state index in [1.807, 2.05) is 45.0 Å². The van der Waals surface area contributed by atoms with E-state index in [0.29, 0.717) is 17.1 Å². The maximum absolute atomic E-state index is 12.4. The molecular weight excluding hydrogens is 408 g/mol. The second-order valence-corrected chi connectivity index (χ2v) is 9.65. The molecule has 5 nitrogen and oxygen atoms in total. The second kappa shape index (κ2) is 10.1. The van der Waals surface area contributed by atoms with Gasteiger partial charge in [-0.1, -0.05) is 54.4 Å². The molecule has 0 bridgehead atoms. The number of aryl methyl sites for hydroxylation is 2. The van der Waals surface area contributed by atoms with Crippen LogP contribution in [0.4, 0.5) is 5.69 Å². The van der Waals surface area contributed by atoms with Crippen LogP contribution in [-0.2, 0) is 14.8 Å². The standard InChI is InChI=1S/C22H29ClN2O3S/c1-5-20(18-11-8-16(2)9-12-18)24-22(26)7-6-14-25(29(4,27)28)21-15-19(23)13-10-17(21)3/h8-13,15,20H,5-7,14H2,1-4H3,(H,24,26)/t20-/m0/s1. The Balaban J connectivity index is 2.00. The zero-order valence-corrected chi connectivity index (χ0v) is 19.0. The summed E-state index contributed by atoms with van der Waals surface area (Å²) in [6, 6.07) is 13.2. The predicted octanol–water partition coefficient (Wildman–Crippen LogP) is 4.77. The van der Waals surface area contributed by atoms with Gasteiger partial charge in [-0.3, -0.25) is 9.10 Å². The minimum atomic E-state index is -3.49. The summed E-state index contributed by atoms with van der Waals surface area (Å²) in [6.45, 7) is 6.11. The molecule has 158 valence electrons. The zero-order chi connectivity index (χ0) is 21.6. The van der Waals surface area contributed by atoms with Crippen LogP contribution in [-0.4, -0.2) is 27.1 Å². The highest BCUT2D eigenvalue weighted by Gasteiger charge is 2.20. The van der Waals surface area contributed by atoms with E-state index < -0.39 is 10.0 Å². The monoisotopic (exact) mass is 436 g/mol. The lowest BCUT2D eigenvalue weighted by atomic mass is 10.0. The van der Waals surface area contributed by atoms with E-state index in [4.69, 9.17) is 11.6 Å². The van der Waals surface area contributed by atoms with Gasteiger partial charge in [0, 0.05) is 18.0 Å². The Bertz CT molecular complexity index is 943. The van der Waals surface area contributed by atoms with Gasteiger partial charge in [0.15, 0.2) is 0 Å². The molecule has 0 aliphatic carbocycles. The second-order valence-electron chi connectivity index (χ2n) is 7.31. The van der Waals surface area contributed by atoms with Crippen molar-refractivity contribution in [3.8, 4) is 0 Å². The number of nitrogens with zero attached hydrogens (tertiary/aromatic N) is 1. The fourth-order valence-corrected chi connectivity index (χ4v) is 4.37. The van der Waals surface area contributed by atoms with Crippen molar-refractivity contribution in [2.24, 2.45) is 0 Å². The normalized spacial score (nSPS) is 12.4. The number of nitrogens with one attached hydrogen (secondary N) is 1. The minimum absolute atomic E-state index is 0.0516. The van der Waals surface area contributed by atoms with E-state index in [2.05, 4.69) is 5.32 Å². The van der Waals surface area contributed by atoms with E-state index in [1.54, 1.807) is 18.2 Å². The number of amides is 1. The van der Waals surface area contributed by atoms with E-state index in [1.165, 1.54) is 9.87 Å². The highest BCUT2D eigenvalue weighted by atomic mass is 35.5. The topological polar surface area (TPSA) is 66.5 Å². The largest absolute Gasteiger partial charge is 0.349 e. The molecule has 0 radical (unpaired) electrons. The molecular formula is C22H29ClN2O3S. The third-order valence-electron chi connectivity index (χ3n) is 4.83. The smallest absolute Gasteiger partial charge is 0.232 e. The van der Waals surface area contributed by atoms with Crippen molar-refractivity contribution >= 4 is 33.2 Å². The van der Waals surface area contributed by atoms with Crippen molar-refractivity contribution < 1.29 is 13.2 Å². The molecule has 2 aromatic carbocycles. The number of hydrogen-bond donors (Lipinski definition) is 1. The van der Waals surface area contributed by atoms with Crippen LogP contribution < -0.4 is 9.62 Å². The van der Waals surface area contributed by atoms with Crippen LogP contribution in [0.2, 0.25) is 5.02 Å². The highest BCUT2D eigenvalue weighted by molar-refractivity contribution is 7.92. The van der Waals surface area contributed by atoms with E-state index in [-0.39, 0.29) is 24.9 Å². The van der Waals surface area contributed by atoms with E-state index >= 15 is 0 Å². The molecule has 1 N–H and O–H groups in total. The molecule has 0 saturated carbocycles. The summed E-state index contributed by atoms with van der Waals surface area (Å²) in [5.74, 6) is -0.0892. The van der Waals surface area contributed by atoms with Crippen LogP contribution >= 0.6 is 11.6 Å². The molecule has 0 aromatic heterocycles. The van der Waals surface area contributed by atoms with Gasteiger partial charge < -0.3 is 5.32 Å². The number of anilines is 1. The predicted molar refractivity (Wildman–Crippen MR) is 120 cm³/mol. The summed E-state index contributed by atoms with van der Waals surface area (Å²) in [6.07, 6.45) is 2.60. The molecule has 0 spiro atoms. The molecule has 0 saturated heterocycles. The Kier molecular flexibility index (Phi) is 8.11. The number of halogens is 1.